The van der Waals surface area contributed by atoms with Crippen LogP contribution in [0.1, 0.15) is 19.4 Å². The lowest BCUT2D eigenvalue weighted by atomic mass is 10.1. The molecular weight excluding hydrogens is 214 g/mol. The molecule has 0 fully saturated rings. The van der Waals surface area contributed by atoms with Crippen molar-refractivity contribution in [3.63, 3.8) is 0 Å². The van der Waals surface area contributed by atoms with Gasteiger partial charge in [0.05, 0.1) is 7.11 Å². The van der Waals surface area contributed by atoms with Crippen LogP contribution < -0.4 is 15.2 Å². The van der Waals surface area contributed by atoms with Gasteiger partial charge in [0.2, 0.25) is 0 Å². The summed E-state index contributed by atoms with van der Waals surface area (Å²) in [6.07, 6.45) is 2.86. The van der Waals surface area contributed by atoms with Crippen LogP contribution in [0.2, 0.25) is 0 Å². The lowest BCUT2D eigenvalue weighted by Gasteiger charge is -2.11. The summed E-state index contributed by atoms with van der Waals surface area (Å²) in [6.45, 7) is 5.30. The molecule has 0 aliphatic carbocycles. The van der Waals surface area contributed by atoms with Crippen LogP contribution in [0.3, 0.4) is 0 Å². The van der Waals surface area contributed by atoms with Crippen molar-refractivity contribution in [2.24, 2.45) is 5.73 Å². The fraction of sp³-hybridized carbons (Fsp3) is 0.429. The molecule has 94 valence electrons. The van der Waals surface area contributed by atoms with Crippen molar-refractivity contribution >= 4 is 0 Å². The lowest BCUT2D eigenvalue weighted by Crippen LogP contribution is -2.05. The van der Waals surface area contributed by atoms with E-state index in [0.717, 1.165) is 23.5 Å². The summed E-state index contributed by atoms with van der Waals surface area (Å²) >= 11 is 0. The van der Waals surface area contributed by atoms with Gasteiger partial charge in [-0.25, -0.2) is 0 Å². The van der Waals surface area contributed by atoms with Crippen molar-refractivity contribution in [1.29, 1.82) is 0 Å². The average Bonchev–Trinajstić information content (AvgIpc) is 2.31. The van der Waals surface area contributed by atoms with E-state index in [1.165, 1.54) is 5.57 Å². The van der Waals surface area contributed by atoms with Crippen LogP contribution in [0.5, 0.6) is 11.5 Å². The number of rotatable bonds is 6. The summed E-state index contributed by atoms with van der Waals surface area (Å²) in [6, 6.07) is 5.84. The van der Waals surface area contributed by atoms with E-state index in [-0.39, 0.29) is 0 Å². The molecule has 3 heteroatoms. The fourth-order valence-corrected chi connectivity index (χ4v) is 1.46. The zero-order chi connectivity index (χ0) is 12.7. The molecule has 0 aliphatic rings. The number of nitrogens with two attached hydrogens (primary N) is 1. The van der Waals surface area contributed by atoms with Gasteiger partial charge in [0.1, 0.15) is 18.1 Å². The normalized spacial score (nSPS) is 9.88. The van der Waals surface area contributed by atoms with E-state index in [1.54, 1.807) is 7.11 Å². The number of benzene rings is 1. The Hall–Kier alpha value is -1.48. The SMILES string of the molecule is COc1ccc(CCN)c(OCC=C(C)C)c1. The molecule has 0 amide bonds. The maximum atomic E-state index is 5.73. The standard InChI is InChI=1S/C14H21NO2/c1-11(2)7-9-17-14-10-13(16-3)5-4-12(14)6-8-15/h4-5,7,10H,6,8-9,15H2,1-3H3. The Kier molecular flexibility index (Phi) is 5.57. The molecule has 17 heavy (non-hydrogen) atoms. The summed E-state index contributed by atoms with van der Waals surface area (Å²) < 4.78 is 10.9. The molecule has 0 saturated heterocycles. The minimum atomic E-state index is 0.576. The van der Waals surface area contributed by atoms with Crippen LogP contribution in [0.4, 0.5) is 0 Å². The number of hydrogen-bond acceptors (Lipinski definition) is 3. The smallest absolute Gasteiger partial charge is 0.126 e. The van der Waals surface area contributed by atoms with Gasteiger partial charge in [0.15, 0.2) is 0 Å². The Bertz CT molecular complexity index is 382. The fourth-order valence-electron chi connectivity index (χ4n) is 1.46. The van der Waals surface area contributed by atoms with E-state index in [4.69, 9.17) is 15.2 Å². The average molecular weight is 235 g/mol. The second-order valence-electron chi connectivity index (χ2n) is 4.10. The maximum absolute atomic E-state index is 5.73. The van der Waals surface area contributed by atoms with Crippen LogP contribution in [0, 0.1) is 0 Å². The number of allylic oxidation sites excluding steroid dienone is 1. The molecule has 0 saturated carbocycles. The Labute approximate surface area is 103 Å². The summed E-state index contributed by atoms with van der Waals surface area (Å²) in [5.41, 5.74) is 7.94. The largest absolute Gasteiger partial charge is 0.497 e. The predicted octanol–water partition coefficient (Wildman–Crippen LogP) is 2.54. The topological polar surface area (TPSA) is 44.5 Å². The third-order valence-corrected chi connectivity index (χ3v) is 2.42. The maximum Gasteiger partial charge on any atom is 0.126 e. The number of methoxy groups -OCH3 is 1. The highest BCUT2D eigenvalue weighted by Gasteiger charge is 2.04. The van der Waals surface area contributed by atoms with Gasteiger partial charge in [-0.05, 0) is 44.5 Å². The first kappa shape index (κ1) is 13.6. The lowest BCUT2D eigenvalue weighted by molar-refractivity contribution is 0.352. The van der Waals surface area contributed by atoms with E-state index in [2.05, 4.69) is 13.8 Å². The molecule has 1 aromatic carbocycles. The van der Waals surface area contributed by atoms with E-state index in [9.17, 15) is 0 Å². The van der Waals surface area contributed by atoms with Crippen molar-refractivity contribution in [1.82, 2.24) is 0 Å². The summed E-state index contributed by atoms with van der Waals surface area (Å²) in [5.74, 6) is 1.66. The Morgan fingerprint density at radius 3 is 2.71 bits per heavy atom. The van der Waals surface area contributed by atoms with E-state index in [0.29, 0.717) is 13.2 Å². The summed E-state index contributed by atoms with van der Waals surface area (Å²) in [7, 11) is 1.65. The third-order valence-electron chi connectivity index (χ3n) is 2.42. The molecule has 0 bridgehead atoms. The first-order valence-electron chi connectivity index (χ1n) is 5.80. The minimum absolute atomic E-state index is 0.576. The second-order valence-corrected chi connectivity index (χ2v) is 4.10. The van der Waals surface area contributed by atoms with E-state index in [1.807, 2.05) is 24.3 Å². The number of ether oxygens (including phenoxy) is 2. The monoisotopic (exact) mass is 235 g/mol. The van der Waals surface area contributed by atoms with Crippen LogP contribution >= 0.6 is 0 Å². The zero-order valence-electron chi connectivity index (χ0n) is 10.8. The second kappa shape index (κ2) is 6.97. The van der Waals surface area contributed by atoms with Crippen LogP contribution in [0.25, 0.3) is 0 Å². The molecule has 0 aromatic heterocycles. The van der Waals surface area contributed by atoms with Crippen molar-refractivity contribution in [3.05, 3.63) is 35.4 Å². The molecule has 1 rings (SSSR count). The van der Waals surface area contributed by atoms with Gasteiger partial charge in [-0.2, -0.15) is 0 Å². The zero-order valence-corrected chi connectivity index (χ0v) is 10.8. The molecule has 0 aliphatic heterocycles. The Morgan fingerprint density at radius 2 is 2.12 bits per heavy atom. The van der Waals surface area contributed by atoms with Crippen LogP contribution in [0.15, 0.2) is 29.8 Å². The first-order chi connectivity index (χ1) is 8.17. The minimum Gasteiger partial charge on any atom is -0.497 e. The summed E-state index contributed by atoms with van der Waals surface area (Å²) in [5, 5.41) is 0. The highest BCUT2D eigenvalue weighted by Crippen LogP contribution is 2.25. The molecule has 0 spiro atoms. The molecule has 0 heterocycles. The van der Waals surface area contributed by atoms with Gasteiger partial charge in [0, 0.05) is 6.07 Å². The molecule has 1 aromatic rings. The molecule has 0 unspecified atom stereocenters. The van der Waals surface area contributed by atoms with Crippen molar-refractivity contribution in [3.8, 4) is 11.5 Å². The van der Waals surface area contributed by atoms with Crippen LogP contribution in [-0.4, -0.2) is 20.3 Å². The van der Waals surface area contributed by atoms with Crippen LogP contribution in [-0.2, 0) is 6.42 Å². The molecule has 0 radical (unpaired) electrons. The highest BCUT2D eigenvalue weighted by atomic mass is 16.5. The molecular formula is C14H21NO2. The van der Waals surface area contributed by atoms with Gasteiger partial charge in [0.25, 0.3) is 0 Å². The molecule has 3 nitrogen and oxygen atoms in total. The number of hydrogen-bond donors (Lipinski definition) is 1. The van der Waals surface area contributed by atoms with Gasteiger partial charge >= 0.3 is 0 Å². The molecule has 0 atom stereocenters. The van der Waals surface area contributed by atoms with Crippen molar-refractivity contribution in [2.75, 3.05) is 20.3 Å². The van der Waals surface area contributed by atoms with Gasteiger partial charge in [-0.15, -0.1) is 0 Å². The summed E-state index contributed by atoms with van der Waals surface area (Å²) in [4.78, 5) is 0. The predicted molar refractivity (Wildman–Crippen MR) is 70.7 cm³/mol. The van der Waals surface area contributed by atoms with Gasteiger partial charge in [-0.1, -0.05) is 11.6 Å². The van der Waals surface area contributed by atoms with Crippen molar-refractivity contribution < 1.29 is 9.47 Å². The quantitative estimate of drug-likeness (QED) is 0.771. The molecule has 2 N–H and O–H groups in total. The van der Waals surface area contributed by atoms with Crippen molar-refractivity contribution in [2.45, 2.75) is 20.3 Å². The van der Waals surface area contributed by atoms with Gasteiger partial charge < -0.3 is 15.2 Å². The Morgan fingerprint density at radius 1 is 1.35 bits per heavy atom. The van der Waals surface area contributed by atoms with Gasteiger partial charge in [-0.3, -0.25) is 0 Å². The Balaban J connectivity index is 2.81. The third kappa shape index (κ3) is 4.49. The van der Waals surface area contributed by atoms with E-state index >= 15 is 0 Å². The highest BCUT2D eigenvalue weighted by molar-refractivity contribution is 5.41. The van der Waals surface area contributed by atoms with E-state index < -0.39 is 0 Å². The first-order valence-corrected chi connectivity index (χ1v) is 5.80.